The highest BCUT2D eigenvalue weighted by Gasteiger charge is 2.28. The molecule has 6 nitrogen and oxygen atoms in total. The molecule has 27 heavy (non-hydrogen) atoms. The Kier molecular flexibility index (Phi) is 6.76. The molecule has 2 aliphatic heterocycles. The molecule has 3 rings (SSSR count). The van der Waals surface area contributed by atoms with Gasteiger partial charge in [0.05, 0.1) is 13.1 Å². The van der Waals surface area contributed by atoms with E-state index >= 15 is 0 Å². The van der Waals surface area contributed by atoms with Gasteiger partial charge >= 0.3 is 6.03 Å². The number of nitrogens with zero attached hydrogens (tertiary/aromatic N) is 3. The van der Waals surface area contributed by atoms with Crippen LogP contribution in [-0.4, -0.2) is 72.5 Å². The maximum Gasteiger partial charge on any atom is 0.317 e. The first kappa shape index (κ1) is 20.1. The van der Waals surface area contributed by atoms with Gasteiger partial charge in [-0.15, -0.1) is 11.3 Å². The number of aryl methyl sites for hydroxylation is 1. The summed E-state index contributed by atoms with van der Waals surface area (Å²) in [6, 6.07) is 4.13. The fraction of sp³-hybridized carbons (Fsp3) is 0.700. The summed E-state index contributed by atoms with van der Waals surface area (Å²) in [6.45, 7) is 12.2. The third kappa shape index (κ3) is 5.69. The Morgan fingerprint density at radius 2 is 1.74 bits per heavy atom. The summed E-state index contributed by atoms with van der Waals surface area (Å²) in [6.07, 6.45) is 1.21. The number of urea groups is 1. The summed E-state index contributed by atoms with van der Waals surface area (Å²) < 4.78 is 0. The molecule has 7 heteroatoms. The average Bonchev–Trinajstić information content (AvgIpc) is 3.05. The highest BCUT2D eigenvalue weighted by Crippen LogP contribution is 2.21. The molecule has 1 N–H and O–H groups in total. The van der Waals surface area contributed by atoms with Crippen LogP contribution < -0.4 is 5.32 Å². The van der Waals surface area contributed by atoms with Gasteiger partial charge in [-0.3, -0.25) is 9.69 Å². The Labute approximate surface area is 166 Å². The third-order valence-electron chi connectivity index (χ3n) is 5.45. The van der Waals surface area contributed by atoms with Crippen molar-refractivity contribution in [3.05, 3.63) is 21.9 Å². The van der Waals surface area contributed by atoms with E-state index in [-0.39, 0.29) is 11.9 Å². The largest absolute Gasteiger partial charge is 0.341 e. The maximum atomic E-state index is 12.6. The highest BCUT2D eigenvalue weighted by atomic mass is 32.1. The zero-order valence-electron chi connectivity index (χ0n) is 16.7. The molecule has 0 bridgehead atoms. The molecular formula is C20H32N4O2S. The number of hydrogen-bond acceptors (Lipinski definition) is 4. The second-order valence-electron chi connectivity index (χ2n) is 8.18. The number of likely N-dealkylation sites (tertiary alicyclic amines) is 1. The van der Waals surface area contributed by atoms with Gasteiger partial charge in [-0.25, -0.2) is 4.79 Å². The Bertz CT molecular complexity index is 644. The smallest absolute Gasteiger partial charge is 0.317 e. The average molecular weight is 393 g/mol. The summed E-state index contributed by atoms with van der Waals surface area (Å²) in [5.41, 5.74) is 0. The van der Waals surface area contributed by atoms with E-state index < -0.39 is 0 Å². The minimum atomic E-state index is -0.00860. The fourth-order valence-corrected chi connectivity index (χ4v) is 4.95. The van der Waals surface area contributed by atoms with Gasteiger partial charge in [-0.2, -0.15) is 0 Å². The number of hydrogen-bond donors (Lipinski definition) is 1. The molecule has 2 atom stereocenters. The quantitative estimate of drug-likeness (QED) is 0.856. The highest BCUT2D eigenvalue weighted by molar-refractivity contribution is 7.11. The van der Waals surface area contributed by atoms with Gasteiger partial charge in [0.15, 0.2) is 0 Å². The normalized spacial score (nSPS) is 24.1. The lowest BCUT2D eigenvalue weighted by Crippen LogP contribution is -2.54. The summed E-state index contributed by atoms with van der Waals surface area (Å²) in [5.74, 6) is 1.41. The van der Waals surface area contributed by atoms with Crippen LogP contribution in [0, 0.1) is 18.8 Å². The Balaban J connectivity index is 1.39. The standard InChI is InChI=1S/C20H32N4O2S/c1-15-10-16(2)13-24(12-15)19(25)14-22-6-8-23(9-7-22)20(26)21-11-18-5-4-17(3)27-18/h4-5,15-16H,6-14H2,1-3H3,(H,21,26). The molecule has 0 aromatic carbocycles. The SMILES string of the molecule is Cc1ccc(CNC(=O)N2CCN(CC(=O)N3CC(C)CC(C)C3)CC2)s1. The zero-order chi connectivity index (χ0) is 19.4. The number of piperazine rings is 1. The van der Waals surface area contributed by atoms with Gasteiger partial charge in [0, 0.05) is 49.0 Å². The van der Waals surface area contributed by atoms with E-state index in [1.165, 1.54) is 16.2 Å². The van der Waals surface area contributed by atoms with E-state index in [9.17, 15) is 9.59 Å². The summed E-state index contributed by atoms with van der Waals surface area (Å²) in [4.78, 5) is 33.5. The van der Waals surface area contributed by atoms with Gasteiger partial charge < -0.3 is 15.1 Å². The molecule has 3 heterocycles. The molecule has 0 spiro atoms. The first-order valence-corrected chi connectivity index (χ1v) is 10.8. The van der Waals surface area contributed by atoms with E-state index in [0.29, 0.717) is 38.0 Å². The van der Waals surface area contributed by atoms with Crippen LogP contribution in [0.4, 0.5) is 4.79 Å². The van der Waals surface area contributed by atoms with Crippen molar-refractivity contribution in [3.8, 4) is 0 Å². The lowest BCUT2D eigenvalue weighted by atomic mass is 9.92. The molecule has 2 saturated heterocycles. The number of amides is 3. The summed E-state index contributed by atoms with van der Waals surface area (Å²) in [7, 11) is 0. The van der Waals surface area contributed by atoms with E-state index in [1.807, 2.05) is 9.80 Å². The van der Waals surface area contributed by atoms with Crippen molar-refractivity contribution in [2.24, 2.45) is 11.8 Å². The third-order valence-corrected chi connectivity index (χ3v) is 6.45. The van der Waals surface area contributed by atoms with Gasteiger partial charge in [0.25, 0.3) is 0 Å². The van der Waals surface area contributed by atoms with Crippen LogP contribution in [0.5, 0.6) is 0 Å². The summed E-state index contributed by atoms with van der Waals surface area (Å²) >= 11 is 1.71. The monoisotopic (exact) mass is 392 g/mol. The molecule has 0 saturated carbocycles. The Hall–Kier alpha value is -1.60. The van der Waals surface area contributed by atoms with Crippen molar-refractivity contribution in [2.75, 3.05) is 45.8 Å². The number of piperidine rings is 1. The van der Waals surface area contributed by atoms with Gasteiger partial charge in [0.2, 0.25) is 5.91 Å². The second-order valence-corrected chi connectivity index (χ2v) is 9.55. The van der Waals surface area contributed by atoms with E-state index in [4.69, 9.17) is 0 Å². The van der Waals surface area contributed by atoms with Crippen molar-refractivity contribution < 1.29 is 9.59 Å². The van der Waals surface area contributed by atoms with Crippen molar-refractivity contribution in [2.45, 2.75) is 33.7 Å². The maximum absolute atomic E-state index is 12.6. The molecule has 1 aromatic rings. The van der Waals surface area contributed by atoms with Crippen molar-refractivity contribution in [3.63, 3.8) is 0 Å². The number of carbonyl (C=O) groups excluding carboxylic acids is 2. The van der Waals surface area contributed by atoms with Crippen molar-refractivity contribution in [1.29, 1.82) is 0 Å². The summed E-state index contributed by atoms with van der Waals surface area (Å²) in [5, 5.41) is 3.00. The number of nitrogens with one attached hydrogen (secondary N) is 1. The van der Waals surface area contributed by atoms with Gasteiger partial charge in [-0.1, -0.05) is 13.8 Å². The van der Waals surface area contributed by atoms with Crippen LogP contribution in [0.2, 0.25) is 0 Å². The van der Waals surface area contributed by atoms with E-state index in [0.717, 1.165) is 26.2 Å². The molecule has 2 fully saturated rings. The zero-order valence-corrected chi connectivity index (χ0v) is 17.6. The molecule has 150 valence electrons. The fourth-order valence-electron chi connectivity index (χ4n) is 4.12. The lowest BCUT2D eigenvalue weighted by Gasteiger charge is -2.38. The van der Waals surface area contributed by atoms with Crippen molar-refractivity contribution in [1.82, 2.24) is 20.0 Å². The Morgan fingerprint density at radius 1 is 1.07 bits per heavy atom. The predicted molar refractivity (Wildman–Crippen MR) is 109 cm³/mol. The van der Waals surface area contributed by atoms with Crippen molar-refractivity contribution >= 4 is 23.3 Å². The minimum absolute atomic E-state index is 0.00860. The predicted octanol–water partition coefficient (Wildman–Crippen LogP) is 2.39. The van der Waals surface area contributed by atoms with Crippen LogP contribution in [0.3, 0.4) is 0 Å². The molecule has 0 radical (unpaired) electrons. The minimum Gasteiger partial charge on any atom is -0.341 e. The van der Waals surface area contributed by atoms with Crippen LogP contribution in [0.1, 0.15) is 30.0 Å². The Morgan fingerprint density at radius 3 is 2.33 bits per heavy atom. The van der Waals surface area contributed by atoms with E-state index in [1.54, 1.807) is 11.3 Å². The lowest BCUT2D eigenvalue weighted by molar-refractivity contribution is -0.135. The number of thiophene rings is 1. The van der Waals surface area contributed by atoms with Crippen LogP contribution in [-0.2, 0) is 11.3 Å². The molecule has 3 amide bonds. The molecule has 2 unspecified atom stereocenters. The topological polar surface area (TPSA) is 55.9 Å². The number of carbonyl (C=O) groups is 2. The second kappa shape index (κ2) is 9.06. The van der Waals surface area contributed by atoms with Crippen LogP contribution in [0.25, 0.3) is 0 Å². The molecule has 1 aromatic heterocycles. The van der Waals surface area contributed by atoms with Crippen LogP contribution in [0.15, 0.2) is 12.1 Å². The molecule has 2 aliphatic rings. The number of rotatable bonds is 4. The van der Waals surface area contributed by atoms with Gasteiger partial charge in [0.1, 0.15) is 0 Å². The first-order valence-electron chi connectivity index (χ1n) is 9.99. The molecule has 0 aliphatic carbocycles. The first-order chi connectivity index (χ1) is 12.9. The molecular weight excluding hydrogens is 360 g/mol. The van der Waals surface area contributed by atoms with E-state index in [2.05, 4.69) is 43.1 Å². The van der Waals surface area contributed by atoms with Crippen LogP contribution >= 0.6 is 11.3 Å². The van der Waals surface area contributed by atoms with Gasteiger partial charge in [-0.05, 0) is 37.3 Å².